The largest absolute Gasteiger partial charge is 0.389 e. The summed E-state index contributed by atoms with van der Waals surface area (Å²) in [7, 11) is 1.79. The first-order chi connectivity index (χ1) is 7.80. The van der Waals surface area contributed by atoms with Crippen LogP contribution in [-0.4, -0.2) is 66.2 Å². The maximum absolute atomic E-state index is 11.9. The number of likely N-dealkylation sites (N-methyl/N-ethyl adjacent to an activating group) is 2. The molecule has 0 heterocycles. The zero-order valence-corrected chi connectivity index (χ0v) is 11.6. The molecule has 0 atom stereocenters. The second-order valence-corrected chi connectivity index (χ2v) is 5.07. The predicted molar refractivity (Wildman–Crippen MR) is 69.7 cm³/mol. The predicted octanol–water partition coefficient (Wildman–Crippen LogP) is -0.114. The number of hydrogen-bond donors (Lipinski definition) is 2. The van der Waals surface area contributed by atoms with Gasteiger partial charge in [0.2, 0.25) is 5.91 Å². The number of carbonyl (C=O) groups is 1. The van der Waals surface area contributed by atoms with Gasteiger partial charge in [-0.05, 0) is 33.4 Å². The minimum absolute atomic E-state index is 0.0737. The van der Waals surface area contributed by atoms with Crippen molar-refractivity contribution < 1.29 is 9.90 Å². The molecule has 17 heavy (non-hydrogen) atoms. The van der Waals surface area contributed by atoms with E-state index in [9.17, 15) is 9.90 Å². The third-order valence-electron chi connectivity index (χ3n) is 2.54. The van der Waals surface area contributed by atoms with Gasteiger partial charge < -0.3 is 15.7 Å². The first kappa shape index (κ1) is 16.4. The van der Waals surface area contributed by atoms with E-state index in [4.69, 9.17) is 5.73 Å². The van der Waals surface area contributed by atoms with Crippen LogP contribution in [0.5, 0.6) is 0 Å². The zero-order chi connectivity index (χ0) is 13.5. The van der Waals surface area contributed by atoms with Crippen molar-refractivity contribution in [3.05, 3.63) is 0 Å². The molecule has 0 spiro atoms. The third kappa shape index (κ3) is 8.12. The monoisotopic (exact) mass is 245 g/mol. The number of rotatable bonds is 8. The zero-order valence-electron chi connectivity index (χ0n) is 11.6. The van der Waals surface area contributed by atoms with Crippen LogP contribution in [0.3, 0.4) is 0 Å². The lowest BCUT2D eigenvalue weighted by Gasteiger charge is -2.29. The number of carbonyl (C=O) groups excluding carboxylic acids is 1. The second kappa shape index (κ2) is 7.63. The minimum Gasteiger partial charge on any atom is -0.389 e. The number of amides is 1. The molecule has 102 valence electrons. The maximum atomic E-state index is 11.9. The van der Waals surface area contributed by atoms with Crippen molar-refractivity contribution in [2.24, 2.45) is 5.73 Å². The Balaban J connectivity index is 4.14. The van der Waals surface area contributed by atoms with E-state index < -0.39 is 5.60 Å². The fourth-order valence-corrected chi connectivity index (χ4v) is 1.59. The Hall–Kier alpha value is -0.650. The average Bonchev–Trinajstić information content (AvgIpc) is 2.22. The van der Waals surface area contributed by atoms with Gasteiger partial charge in [-0.1, -0.05) is 6.92 Å². The number of nitrogens with zero attached hydrogens (tertiary/aromatic N) is 2. The average molecular weight is 245 g/mol. The summed E-state index contributed by atoms with van der Waals surface area (Å²) in [6.45, 7) is 8.37. The van der Waals surface area contributed by atoms with Crippen molar-refractivity contribution in [3.63, 3.8) is 0 Å². The molecule has 1 amide bonds. The summed E-state index contributed by atoms with van der Waals surface area (Å²) in [5.41, 5.74) is 4.63. The molecule has 0 rings (SSSR count). The summed E-state index contributed by atoms with van der Waals surface area (Å²) in [5.74, 6) is 0.0737. The summed E-state index contributed by atoms with van der Waals surface area (Å²) in [5, 5.41) is 9.73. The molecule has 5 nitrogen and oxygen atoms in total. The van der Waals surface area contributed by atoms with E-state index in [2.05, 4.69) is 0 Å². The smallest absolute Gasteiger partial charge is 0.236 e. The molecule has 0 radical (unpaired) electrons. The normalized spacial score (nSPS) is 11.9. The number of nitrogens with two attached hydrogens (primary N) is 1. The first-order valence-electron chi connectivity index (χ1n) is 6.19. The van der Waals surface area contributed by atoms with Crippen LogP contribution in [0.2, 0.25) is 0 Å². The molecule has 0 aliphatic heterocycles. The summed E-state index contributed by atoms with van der Waals surface area (Å²) in [6.07, 6.45) is 0.819. The van der Waals surface area contributed by atoms with Gasteiger partial charge in [-0.25, -0.2) is 0 Å². The molecule has 5 heteroatoms. The standard InChI is InChI=1S/C12H27N3O2/c1-5-15(10-12(2,3)17)9-11(16)14(4)8-6-7-13/h17H,5-10,13H2,1-4H3. The lowest BCUT2D eigenvalue weighted by Crippen LogP contribution is -2.44. The molecule has 0 unspecified atom stereocenters. The topological polar surface area (TPSA) is 69.8 Å². The van der Waals surface area contributed by atoms with Gasteiger partial charge in [0.05, 0.1) is 12.1 Å². The van der Waals surface area contributed by atoms with Gasteiger partial charge in [-0.2, -0.15) is 0 Å². The summed E-state index contributed by atoms with van der Waals surface area (Å²) in [6, 6.07) is 0. The number of hydrogen-bond acceptors (Lipinski definition) is 4. The minimum atomic E-state index is -0.772. The molecule has 0 bridgehead atoms. The van der Waals surface area contributed by atoms with Crippen molar-refractivity contribution in [1.82, 2.24) is 9.80 Å². The molecule has 0 fully saturated rings. The Morgan fingerprint density at radius 3 is 2.41 bits per heavy atom. The molecule has 0 aromatic carbocycles. The molecule has 0 saturated carbocycles. The first-order valence-corrected chi connectivity index (χ1v) is 6.19. The molecule has 0 aliphatic carbocycles. The lowest BCUT2D eigenvalue weighted by molar-refractivity contribution is -0.131. The Morgan fingerprint density at radius 2 is 2.00 bits per heavy atom. The van der Waals surface area contributed by atoms with Crippen molar-refractivity contribution >= 4 is 5.91 Å². The van der Waals surface area contributed by atoms with Crippen molar-refractivity contribution in [3.8, 4) is 0 Å². The van der Waals surface area contributed by atoms with E-state index in [-0.39, 0.29) is 5.91 Å². The van der Waals surface area contributed by atoms with Crippen molar-refractivity contribution in [2.45, 2.75) is 32.8 Å². The Morgan fingerprint density at radius 1 is 1.41 bits per heavy atom. The van der Waals surface area contributed by atoms with Crippen LogP contribution in [0.15, 0.2) is 0 Å². The molecule has 0 aliphatic rings. The third-order valence-corrected chi connectivity index (χ3v) is 2.54. The molecule has 0 saturated heterocycles. The number of aliphatic hydroxyl groups is 1. The fourth-order valence-electron chi connectivity index (χ4n) is 1.59. The van der Waals surface area contributed by atoms with Crippen LogP contribution in [-0.2, 0) is 4.79 Å². The van der Waals surface area contributed by atoms with Crippen molar-refractivity contribution in [1.29, 1.82) is 0 Å². The summed E-state index contributed by atoms with van der Waals surface area (Å²) >= 11 is 0. The Bertz CT molecular complexity index is 226. The Labute approximate surface area is 105 Å². The van der Waals surface area contributed by atoms with Gasteiger partial charge in [0, 0.05) is 20.1 Å². The SMILES string of the molecule is CCN(CC(=O)N(C)CCCN)CC(C)(C)O. The van der Waals surface area contributed by atoms with Crippen LogP contribution in [0.4, 0.5) is 0 Å². The van der Waals surface area contributed by atoms with E-state index in [1.165, 1.54) is 0 Å². The summed E-state index contributed by atoms with van der Waals surface area (Å²) < 4.78 is 0. The highest BCUT2D eigenvalue weighted by molar-refractivity contribution is 5.77. The molecule has 3 N–H and O–H groups in total. The van der Waals surface area contributed by atoms with Crippen LogP contribution >= 0.6 is 0 Å². The maximum Gasteiger partial charge on any atom is 0.236 e. The molecular formula is C12H27N3O2. The van der Waals surface area contributed by atoms with E-state index >= 15 is 0 Å². The van der Waals surface area contributed by atoms with E-state index in [0.717, 1.165) is 13.0 Å². The molecule has 0 aromatic rings. The quantitative estimate of drug-likeness (QED) is 0.626. The van der Waals surface area contributed by atoms with Crippen LogP contribution in [0.1, 0.15) is 27.2 Å². The van der Waals surface area contributed by atoms with Gasteiger partial charge in [-0.15, -0.1) is 0 Å². The van der Waals surface area contributed by atoms with Crippen LogP contribution in [0.25, 0.3) is 0 Å². The highest BCUT2D eigenvalue weighted by Gasteiger charge is 2.20. The van der Waals surface area contributed by atoms with Gasteiger partial charge in [-0.3, -0.25) is 9.69 Å². The van der Waals surface area contributed by atoms with Gasteiger partial charge >= 0.3 is 0 Å². The van der Waals surface area contributed by atoms with Crippen molar-refractivity contribution in [2.75, 3.05) is 39.8 Å². The molecular weight excluding hydrogens is 218 g/mol. The van der Waals surface area contributed by atoms with Crippen LogP contribution in [0, 0.1) is 0 Å². The van der Waals surface area contributed by atoms with Gasteiger partial charge in [0.25, 0.3) is 0 Å². The van der Waals surface area contributed by atoms with Crippen LogP contribution < -0.4 is 5.73 Å². The molecule has 0 aromatic heterocycles. The van der Waals surface area contributed by atoms with E-state index in [1.807, 2.05) is 11.8 Å². The van der Waals surface area contributed by atoms with Gasteiger partial charge in [0.1, 0.15) is 0 Å². The highest BCUT2D eigenvalue weighted by atomic mass is 16.3. The lowest BCUT2D eigenvalue weighted by atomic mass is 10.1. The highest BCUT2D eigenvalue weighted by Crippen LogP contribution is 2.05. The summed E-state index contributed by atoms with van der Waals surface area (Å²) in [4.78, 5) is 15.5. The van der Waals surface area contributed by atoms with E-state index in [0.29, 0.717) is 26.2 Å². The Kier molecular flexibility index (Phi) is 7.34. The fraction of sp³-hybridized carbons (Fsp3) is 0.917. The second-order valence-electron chi connectivity index (χ2n) is 5.07. The van der Waals surface area contributed by atoms with E-state index in [1.54, 1.807) is 25.8 Å². The van der Waals surface area contributed by atoms with Gasteiger partial charge in [0.15, 0.2) is 0 Å².